The van der Waals surface area contributed by atoms with E-state index in [-0.39, 0.29) is 30.8 Å². The lowest BCUT2D eigenvalue weighted by molar-refractivity contribution is -0.150. The van der Waals surface area contributed by atoms with Gasteiger partial charge in [0.25, 0.3) is 0 Å². The van der Waals surface area contributed by atoms with E-state index in [9.17, 15) is 14.4 Å². The zero-order chi connectivity index (χ0) is 21.5. The molecule has 160 valence electrons. The highest BCUT2D eigenvalue weighted by Crippen LogP contribution is 2.28. The average molecular weight is 430 g/mol. The summed E-state index contributed by atoms with van der Waals surface area (Å²) < 4.78 is 5.42. The molecule has 1 aromatic heterocycles. The molecule has 0 radical (unpaired) electrons. The summed E-state index contributed by atoms with van der Waals surface area (Å²) in [5.41, 5.74) is 2.37. The van der Waals surface area contributed by atoms with Gasteiger partial charge in [0, 0.05) is 18.0 Å². The molecule has 1 saturated carbocycles. The largest absolute Gasteiger partial charge is 0.458 e. The van der Waals surface area contributed by atoms with Crippen molar-refractivity contribution in [1.29, 1.82) is 0 Å². The van der Waals surface area contributed by atoms with Gasteiger partial charge in [-0.1, -0.05) is 31.0 Å². The summed E-state index contributed by atoms with van der Waals surface area (Å²) in [7, 11) is 0. The zero-order valence-corrected chi connectivity index (χ0v) is 18.1. The van der Waals surface area contributed by atoms with Crippen LogP contribution in [0.25, 0.3) is 0 Å². The summed E-state index contributed by atoms with van der Waals surface area (Å²) in [6.45, 7) is 3.37. The van der Waals surface area contributed by atoms with E-state index in [2.05, 4.69) is 15.6 Å². The molecule has 0 bridgehead atoms. The van der Waals surface area contributed by atoms with Gasteiger partial charge in [-0.15, -0.1) is 11.3 Å². The molecule has 1 fully saturated rings. The number of anilines is 1. The fraction of sp³-hybridized carbons (Fsp3) is 0.455. The summed E-state index contributed by atoms with van der Waals surface area (Å²) in [4.78, 5) is 40.7. The monoisotopic (exact) mass is 429 g/mol. The van der Waals surface area contributed by atoms with E-state index < -0.39 is 12.0 Å². The van der Waals surface area contributed by atoms with E-state index in [0.717, 1.165) is 36.9 Å². The molecule has 1 aromatic carbocycles. The van der Waals surface area contributed by atoms with E-state index in [1.165, 1.54) is 18.3 Å². The lowest BCUT2D eigenvalue weighted by atomic mass is 9.98. The Kier molecular flexibility index (Phi) is 7.57. The minimum Gasteiger partial charge on any atom is -0.458 e. The molecule has 0 aliphatic heterocycles. The first-order valence-electron chi connectivity index (χ1n) is 10.1. The molecule has 30 heavy (non-hydrogen) atoms. The van der Waals surface area contributed by atoms with Crippen LogP contribution in [0, 0.1) is 12.8 Å². The minimum absolute atomic E-state index is 0.0253. The Labute approximate surface area is 180 Å². The number of benzene rings is 1. The van der Waals surface area contributed by atoms with Crippen LogP contribution < -0.4 is 10.6 Å². The molecule has 0 spiro atoms. The minimum atomic E-state index is -0.608. The molecule has 7 nitrogen and oxygen atoms in total. The standard InChI is InChI=1S/C22H27N3O4S/c1-14-7-3-6-10-18(14)25-19(27)11-20-24-17(13-30-20)12-29-22(28)21(23-15(2)26)16-8-4-5-9-16/h3,6-7,10,13,16,21H,4-5,8-9,11-12H2,1-2H3,(H,23,26)(H,25,27). The van der Waals surface area contributed by atoms with E-state index in [4.69, 9.17) is 4.74 Å². The second kappa shape index (κ2) is 10.3. The number of rotatable bonds is 8. The van der Waals surface area contributed by atoms with Crippen LogP contribution in [0.15, 0.2) is 29.6 Å². The number of nitrogens with zero attached hydrogens (tertiary/aromatic N) is 1. The smallest absolute Gasteiger partial charge is 0.329 e. The number of aromatic nitrogens is 1. The van der Waals surface area contributed by atoms with E-state index in [0.29, 0.717) is 10.7 Å². The van der Waals surface area contributed by atoms with E-state index in [1.54, 1.807) is 5.38 Å². The normalized spacial score (nSPS) is 14.9. The second-order valence-corrected chi connectivity index (χ2v) is 8.55. The number of aryl methyl sites for hydroxylation is 1. The first-order valence-corrected chi connectivity index (χ1v) is 11.0. The highest BCUT2D eigenvalue weighted by atomic mass is 32.1. The number of carbonyl (C=O) groups is 3. The van der Waals surface area contributed by atoms with Gasteiger partial charge in [0.1, 0.15) is 17.7 Å². The third-order valence-electron chi connectivity index (χ3n) is 5.18. The Morgan fingerprint density at radius 2 is 1.97 bits per heavy atom. The Morgan fingerprint density at radius 3 is 2.67 bits per heavy atom. The molecule has 1 aliphatic carbocycles. The molecule has 1 heterocycles. The summed E-state index contributed by atoms with van der Waals surface area (Å²) in [6, 6.07) is 6.98. The number of thiazole rings is 1. The predicted molar refractivity (Wildman–Crippen MR) is 115 cm³/mol. The van der Waals surface area contributed by atoms with Gasteiger partial charge in [0.2, 0.25) is 11.8 Å². The van der Waals surface area contributed by atoms with Crippen LogP contribution in [0.3, 0.4) is 0 Å². The maximum Gasteiger partial charge on any atom is 0.329 e. The molecule has 1 aliphatic rings. The Bertz CT molecular complexity index is 905. The lowest BCUT2D eigenvalue weighted by Gasteiger charge is -2.22. The number of amides is 2. The molecular weight excluding hydrogens is 402 g/mol. The van der Waals surface area contributed by atoms with Crippen molar-refractivity contribution in [3.63, 3.8) is 0 Å². The first kappa shape index (κ1) is 22.0. The van der Waals surface area contributed by atoms with Gasteiger partial charge in [-0.3, -0.25) is 9.59 Å². The average Bonchev–Trinajstić information content (AvgIpc) is 3.38. The lowest BCUT2D eigenvalue weighted by Crippen LogP contribution is -2.45. The number of carbonyl (C=O) groups excluding carboxylic acids is 3. The van der Waals surface area contributed by atoms with Crippen molar-refractivity contribution in [1.82, 2.24) is 10.3 Å². The predicted octanol–water partition coefficient (Wildman–Crippen LogP) is 3.37. The van der Waals surface area contributed by atoms with Crippen molar-refractivity contribution in [2.75, 3.05) is 5.32 Å². The number of para-hydroxylation sites is 1. The number of hydrogen-bond donors (Lipinski definition) is 2. The molecule has 1 unspecified atom stereocenters. The Balaban J connectivity index is 1.52. The molecule has 2 amide bonds. The zero-order valence-electron chi connectivity index (χ0n) is 17.3. The maximum absolute atomic E-state index is 12.5. The highest BCUT2D eigenvalue weighted by Gasteiger charge is 2.32. The molecule has 0 saturated heterocycles. The number of hydrogen-bond acceptors (Lipinski definition) is 6. The summed E-state index contributed by atoms with van der Waals surface area (Å²) >= 11 is 1.36. The molecule has 8 heteroatoms. The van der Waals surface area contributed by atoms with Crippen molar-refractivity contribution in [3.05, 3.63) is 45.9 Å². The summed E-state index contributed by atoms with van der Waals surface area (Å²) in [6.07, 6.45) is 4.11. The molecule has 1 atom stereocenters. The Morgan fingerprint density at radius 1 is 1.23 bits per heavy atom. The van der Waals surface area contributed by atoms with Gasteiger partial charge >= 0.3 is 5.97 Å². The van der Waals surface area contributed by atoms with Crippen molar-refractivity contribution in [3.8, 4) is 0 Å². The van der Waals surface area contributed by atoms with Crippen LogP contribution in [0.2, 0.25) is 0 Å². The van der Waals surface area contributed by atoms with Crippen molar-refractivity contribution >= 4 is 34.8 Å². The van der Waals surface area contributed by atoms with E-state index >= 15 is 0 Å². The molecule has 2 aromatic rings. The third kappa shape index (κ3) is 6.13. The van der Waals surface area contributed by atoms with Crippen LogP contribution in [0.5, 0.6) is 0 Å². The van der Waals surface area contributed by atoms with Crippen molar-refractivity contribution in [2.24, 2.45) is 5.92 Å². The second-order valence-electron chi connectivity index (χ2n) is 7.60. The SMILES string of the molecule is CC(=O)NC(C(=O)OCc1csc(CC(=O)Nc2ccccc2C)n1)C1CCCC1. The van der Waals surface area contributed by atoms with Crippen LogP contribution in [-0.4, -0.2) is 28.8 Å². The van der Waals surface area contributed by atoms with E-state index in [1.807, 2.05) is 31.2 Å². The first-order chi connectivity index (χ1) is 14.4. The third-order valence-corrected chi connectivity index (χ3v) is 6.07. The van der Waals surface area contributed by atoms with Crippen LogP contribution >= 0.6 is 11.3 Å². The van der Waals surface area contributed by atoms with Crippen LogP contribution in [-0.2, 0) is 32.1 Å². The Hall–Kier alpha value is -2.74. The van der Waals surface area contributed by atoms with Crippen LogP contribution in [0.4, 0.5) is 5.69 Å². The van der Waals surface area contributed by atoms with Crippen molar-refractivity contribution < 1.29 is 19.1 Å². The van der Waals surface area contributed by atoms with Gasteiger partial charge in [0.05, 0.1) is 12.1 Å². The fourth-order valence-corrected chi connectivity index (χ4v) is 4.43. The topological polar surface area (TPSA) is 97.4 Å². The summed E-state index contributed by atoms with van der Waals surface area (Å²) in [5, 5.41) is 8.06. The van der Waals surface area contributed by atoms with Gasteiger partial charge < -0.3 is 15.4 Å². The molecule has 3 rings (SSSR count). The molecular formula is C22H27N3O4S. The summed E-state index contributed by atoms with van der Waals surface area (Å²) in [5.74, 6) is -0.685. The quantitative estimate of drug-likeness (QED) is 0.627. The highest BCUT2D eigenvalue weighted by molar-refractivity contribution is 7.09. The fourth-order valence-electron chi connectivity index (χ4n) is 3.66. The maximum atomic E-state index is 12.5. The molecule has 2 N–H and O–H groups in total. The van der Waals surface area contributed by atoms with Crippen molar-refractivity contribution in [2.45, 2.75) is 58.6 Å². The van der Waals surface area contributed by atoms with Gasteiger partial charge in [-0.05, 0) is 37.3 Å². The van der Waals surface area contributed by atoms with Gasteiger partial charge in [-0.2, -0.15) is 0 Å². The van der Waals surface area contributed by atoms with Crippen LogP contribution in [0.1, 0.15) is 48.9 Å². The van der Waals surface area contributed by atoms with Gasteiger partial charge in [-0.25, -0.2) is 9.78 Å². The van der Waals surface area contributed by atoms with Gasteiger partial charge in [0.15, 0.2) is 0 Å². The number of nitrogens with one attached hydrogen (secondary N) is 2. The number of ether oxygens (including phenoxy) is 1. The number of esters is 1.